The summed E-state index contributed by atoms with van der Waals surface area (Å²) in [5.41, 5.74) is 2.08. The highest BCUT2D eigenvalue weighted by atomic mass is 35.5. The van der Waals surface area contributed by atoms with Crippen molar-refractivity contribution in [3.63, 3.8) is 0 Å². The zero-order valence-electron chi connectivity index (χ0n) is 18.8. The van der Waals surface area contributed by atoms with Gasteiger partial charge in [0.1, 0.15) is 0 Å². The minimum absolute atomic E-state index is 0.0234. The first-order chi connectivity index (χ1) is 14.2. The zero-order chi connectivity index (χ0) is 22.3. The third-order valence-electron chi connectivity index (χ3n) is 5.35. The van der Waals surface area contributed by atoms with Crippen LogP contribution in [0.2, 0.25) is 5.02 Å². The van der Waals surface area contributed by atoms with E-state index in [4.69, 9.17) is 11.6 Å². The minimum atomic E-state index is -0.0655. The lowest BCUT2D eigenvalue weighted by atomic mass is 10.1. The summed E-state index contributed by atoms with van der Waals surface area (Å²) in [6.07, 6.45) is 2.83. The Morgan fingerprint density at radius 2 is 1.80 bits per heavy atom. The van der Waals surface area contributed by atoms with Crippen molar-refractivity contribution < 1.29 is 9.59 Å². The Morgan fingerprint density at radius 1 is 1.10 bits per heavy atom. The maximum Gasteiger partial charge on any atom is 0.242 e. The number of hydrogen-bond donors (Lipinski definition) is 0. The van der Waals surface area contributed by atoms with Crippen LogP contribution in [0.15, 0.2) is 42.6 Å². The highest BCUT2D eigenvalue weighted by molar-refractivity contribution is 6.31. The number of carbonyl (C=O) groups excluding carboxylic acids is 2. The molecule has 2 rings (SSSR count). The second kappa shape index (κ2) is 11.2. The largest absolute Gasteiger partial charge is 0.345 e. The molecule has 0 aliphatic carbocycles. The molecule has 1 atom stereocenters. The molecule has 1 aromatic heterocycles. The van der Waals surface area contributed by atoms with Gasteiger partial charge in [-0.2, -0.15) is 0 Å². The van der Waals surface area contributed by atoms with Gasteiger partial charge in [-0.15, -0.1) is 0 Å². The molecule has 0 radical (unpaired) electrons. The van der Waals surface area contributed by atoms with Crippen molar-refractivity contribution in [2.24, 2.45) is 5.92 Å². The van der Waals surface area contributed by atoms with E-state index < -0.39 is 0 Å². The maximum atomic E-state index is 13.2. The van der Waals surface area contributed by atoms with Crippen LogP contribution in [0.5, 0.6) is 0 Å². The van der Waals surface area contributed by atoms with Gasteiger partial charge in [0.15, 0.2) is 0 Å². The third kappa shape index (κ3) is 6.63. The van der Waals surface area contributed by atoms with E-state index in [9.17, 15) is 9.59 Å². The molecule has 0 aliphatic heterocycles. The number of carbonyl (C=O) groups is 2. The number of halogens is 1. The summed E-state index contributed by atoms with van der Waals surface area (Å²) in [7, 11) is 0. The molecule has 0 saturated carbocycles. The molecule has 1 heterocycles. The summed E-state index contributed by atoms with van der Waals surface area (Å²) >= 11 is 6.33. The van der Waals surface area contributed by atoms with E-state index >= 15 is 0 Å². The predicted molar refractivity (Wildman–Crippen MR) is 122 cm³/mol. The van der Waals surface area contributed by atoms with Gasteiger partial charge in [-0.25, -0.2) is 0 Å². The summed E-state index contributed by atoms with van der Waals surface area (Å²) in [5.74, 6) is 0.240. The van der Waals surface area contributed by atoms with E-state index in [-0.39, 0.29) is 24.4 Å². The summed E-state index contributed by atoms with van der Waals surface area (Å²) in [6.45, 7) is 11.6. The Morgan fingerprint density at radius 3 is 2.40 bits per heavy atom. The van der Waals surface area contributed by atoms with Gasteiger partial charge >= 0.3 is 0 Å². The van der Waals surface area contributed by atoms with Crippen LogP contribution in [0.4, 0.5) is 0 Å². The third-order valence-corrected chi connectivity index (χ3v) is 5.71. The van der Waals surface area contributed by atoms with Crippen LogP contribution in [-0.2, 0) is 22.7 Å². The van der Waals surface area contributed by atoms with Crippen LogP contribution >= 0.6 is 11.6 Å². The molecule has 0 saturated heterocycles. The highest BCUT2D eigenvalue weighted by Crippen LogP contribution is 2.19. The van der Waals surface area contributed by atoms with E-state index in [0.717, 1.165) is 22.7 Å². The zero-order valence-corrected chi connectivity index (χ0v) is 19.5. The summed E-state index contributed by atoms with van der Waals surface area (Å²) < 4.78 is 2.12. The first-order valence-electron chi connectivity index (χ1n) is 10.6. The van der Waals surface area contributed by atoms with Crippen LogP contribution in [0, 0.1) is 5.92 Å². The molecule has 0 spiro atoms. The number of hydrogen-bond acceptors (Lipinski definition) is 2. The standard InChI is InChI=1S/C24H34ClN3O2/c1-6-19(4)28(20(5)29)17-24(30)27(14-18(2)3)16-22-11-9-13-26(22)15-21-10-7-8-12-23(21)25/h7-13,18-19H,6,14-17H2,1-5H3. The van der Waals surface area contributed by atoms with Gasteiger partial charge in [-0.1, -0.05) is 50.6 Å². The molecule has 1 unspecified atom stereocenters. The smallest absolute Gasteiger partial charge is 0.242 e. The van der Waals surface area contributed by atoms with Crippen molar-refractivity contribution in [1.82, 2.24) is 14.4 Å². The van der Waals surface area contributed by atoms with E-state index in [1.165, 1.54) is 6.92 Å². The summed E-state index contributed by atoms with van der Waals surface area (Å²) in [6, 6.07) is 11.9. The van der Waals surface area contributed by atoms with Crippen molar-refractivity contribution in [3.8, 4) is 0 Å². The molecule has 0 bridgehead atoms. The lowest BCUT2D eigenvalue weighted by Gasteiger charge is -2.31. The van der Waals surface area contributed by atoms with Crippen LogP contribution < -0.4 is 0 Å². The Labute approximate surface area is 185 Å². The highest BCUT2D eigenvalue weighted by Gasteiger charge is 2.23. The second-order valence-electron chi connectivity index (χ2n) is 8.29. The van der Waals surface area contributed by atoms with Gasteiger partial charge in [0, 0.05) is 43.0 Å². The predicted octanol–water partition coefficient (Wildman–Crippen LogP) is 4.82. The van der Waals surface area contributed by atoms with E-state index in [1.54, 1.807) is 4.90 Å². The van der Waals surface area contributed by atoms with Crippen molar-refractivity contribution in [2.75, 3.05) is 13.1 Å². The Hall–Kier alpha value is -2.27. The molecule has 0 aliphatic rings. The maximum absolute atomic E-state index is 13.2. The molecule has 1 aromatic carbocycles. The van der Waals surface area contributed by atoms with Gasteiger partial charge in [0.2, 0.25) is 11.8 Å². The number of aromatic nitrogens is 1. The van der Waals surface area contributed by atoms with Gasteiger partial charge in [-0.05, 0) is 43.0 Å². The van der Waals surface area contributed by atoms with Crippen molar-refractivity contribution in [3.05, 3.63) is 58.9 Å². The fourth-order valence-electron chi connectivity index (χ4n) is 3.49. The van der Waals surface area contributed by atoms with Gasteiger partial charge < -0.3 is 14.4 Å². The van der Waals surface area contributed by atoms with Crippen molar-refractivity contribution >= 4 is 23.4 Å². The molecule has 164 valence electrons. The molecule has 0 N–H and O–H groups in total. The topological polar surface area (TPSA) is 45.6 Å². The SMILES string of the molecule is CCC(C)N(CC(=O)N(Cc1cccn1Cc1ccccc1Cl)CC(C)C)C(C)=O. The Bertz CT molecular complexity index is 846. The number of amides is 2. The molecule has 30 heavy (non-hydrogen) atoms. The first kappa shape index (κ1) is 24.0. The molecule has 0 fully saturated rings. The van der Waals surface area contributed by atoms with Gasteiger partial charge in [0.05, 0.1) is 13.1 Å². The van der Waals surface area contributed by atoms with Crippen LogP contribution in [-0.4, -0.2) is 45.3 Å². The number of rotatable bonds is 10. The van der Waals surface area contributed by atoms with Crippen molar-refractivity contribution in [1.29, 1.82) is 0 Å². The van der Waals surface area contributed by atoms with E-state index in [1.807, 2.05) is 61.3 Å². The fraction of sp³-hybridized carbons (Fsp3) is 0.500. The summed E-state index contributed by atoms with van der Waals surface area (Å²) in [5, 5.41) is 0.734. The van der Waals surface area contributed by atoms with Crippen LogP contribution in [0.1, 0.15) is 52.3 Å². The summed E-state index contributed by atoms with van der Waals surface area (Å²) in [4.78, 5) is 28.8. The minimum Gasteiger partial charge on any atom is -0.345 e. The molecule has 2 aromatic rings. The quantitative estimate of drug-likeness (QED) is 0.541. The molecular weight excluding hydrogens is 398 g/mol. The Kier molecular flexibility index (Phi) is 8.97. The van der Waals surface area contributed by atoms with Gasteiger partial charge in [0.25, 0.3) is 0 Å². The van der Waals surface area contributed by atoms with Gasteiger partial charge in [-0.3, -0.25) is 9.59 Å². The molecule has 6 heteroatoms. The lowest BCUT2D eigenvalue weighted by Crippen LogP contribution is -2.46. The van der Waals surface area contributed by atoms with E-state index in [2.05, 4.69) is 18.4 Å². The first-order valence-corrected chi connectivity index (χ1v) is 11.0. The van der Waals surface area contributed by atoms with Crippen LogP contribution in [0.3, 0.4) is 0 Å². The number of nitrogens with zero attached hydrogens (tertiary/aromatic N) is 3. The molecule has 2 amide bonds. The molecular formula is C24H34ClN3O2. The number of benzene rings is 1. The normalized spacial score (nSPS) is 12.1. The van der Waals surface area contributed by atoms with Crippen LogP contribution in [0.25, 0.3) is 0 Å². The average molecular weight is 432 g/mol. The fourth-order valence-corrected chi connectivity index (χ4v) is 3.69. The lowest BCUT2D eigenvalue weighted by molar-refractivity contribution is -0.141. The second-order valence-corrected chi connectivity index (χ2v) is 8.70. The Balaban J connectivity index is 2.19. The molecule has 5 nitrogen and oxygen atoms in total. The average Bonchev–Trinajstić information content (AvgIpc) is 3.12. The monoisotopic (exact) mass is 431 g/mol. The van der Waals surface area contributed by atoms with Crippen molar-refractivity contribution in [2.45, 2.75) is 60.2 Å². The van der Waals surface area contributed by atoms with E-state index in [0.29, 0.717) is 25.6 Å².